The van der Waals surface area contributed by atoms with Gasteiger partial charge in [0, 0.05) is 5.56 Å². The van der Waals surface area contributed by atoms with E-state index in [9.17, 15) is 4.79 Å². The standard InChI is InChI=1S/C13H16N4O/c1-8-4-5-9(2)11(6-8)13(18)16-10(3)12-14-7-15-17-12/h4-7,10H,1-3H3,(H,16,18)(H,14,15,17). The van der Waals surface area contributed by atoms with E-state index in [1.54, 1.807) is 0 Å². The molecule has 0 aliphatic rings. The highest BCUT2D eigenvalue weighted by atomic mass is 16.1. The summed E-state index contributed by atoms with van der Waals surface area (Å²) in [7, 11) is 0. The Bertz CT molecular complexity index is 548. The van der Waals surface area contributed by atoms with Crippen molar-refractivity contribution in [3.05, 3.63) is 47.0 Å². The third-order valence-electron chi connectivity index (χ3n) is 2.83. The Kier molecular flexibility index (Phi) is 3.41. The minimum atomic E-state index is -0.195. The molecule has 1 amide bonds. The van der Waals surface area contributed by atoms with E-state index in [0.717, 1.165) is 11.1 Å². The van der Waals surface area contributed by atoms with Crippen LogP contribution in [0.5, 0.6) is 0 Å². The Labute approximate surface area is 106 Å². The topological polar surface area (TPSA) is 70.7 Å². The quantitative estimate of drug-likeness (QED) is 0.866. The van der Waals surface area contributed by atoms with Gasteiger partial charge >= 0.3 is 0 Å². The molecule has 0 fully saturated rings. The number of aromatic nitrogens is 3. The number of amides is 1. The number of benzene rings is 1. The molecule has 94 valence electrons. The number of carbonyl (C=O) groups is 1. The third-order valence-corrected chi connectivity index (χ3v) is 2.83. The summed E-state index contributed by atoms with van der Waals surface area (Å²) in [5, 5.41) is 9.41. The second kappa shape index (κ2) is 5.00. The number of hydrogen-bond donors (Lipinski definition) is 2. The lowest BCUT2D eigenvalue weighted by molar-refractivity contribution is 0.0937. The minimum Gasteiger partial charge on any atom is -0.342 e. The van der Waals surface area contributed by atoms with Gasteiger partial charge in [-0.1, -0.05) is 17.7 Å². The van der Waals surface area contributed by atoms with E-state index in [4.69, 9.17) is 0 Å². The number of nitrogens with zero attached hydrogens (tertiary/aromatic N) is 2. The zero-order chi connectivity index (χ0) is 13.1. The molecule has 1 aromatic heterocycles. The smallest absolute Gasteiger partial charge is 0.252 e. The van der Waals surface area contributed by atoms with Crippen LogP contribution in [0.1, 0.15) is 40.3 Å². The summed E-state index contributed by atoms with van der Waals surface area (Å²) in [4.78, 5) is 16.2. The molecule has 18 heavy (non-hydrogen) atoms. The highest BCUT2D eigenvalue weighted by molar-refractivity contribution is 5.96. The third kappa shape index (κ3) is 2.56. The number of aromatic amines is 1. The molecule has 2 N–H and O–H groups in total. The van der Waals surface area contributed by atoms with E-state index >= 15 is 0 Å². The molecule has 2 rings (SSSR count). The zero-order valence-electron chi connectivity index (χ0n) is 10.7. The van der Waals surface area contributed by atoms with E-state index in [2.05, 4.69) is 20.5 Å². The minimum absolute atomic E-state index is 0.0971. The molecule has 5 nitrogen and oxygen atoms in total. The average Bonchev–Trinajstić information content (AvgIpc) is 2.85. The van der Waals surface area contributed by atoms with Crippen LogP contribution in [-0.4, -0.2) is 21.1 Å². The maximum atomic E-state index is 12.2. The largest absolute Gasteiger partial charge is 0.342 e. The van der Waals surface area contributed by atoms with Gasteiger partial charge in [0.15, 0.2) is 0 Å². The molecule has 0 spiro atoms. The Morgan fingerprint density at radius 2 is 2.17 bits per heavy atom. The maximum absolute atomic E-state index is 12.2. The number of hydrogen-bond acceptors (Lipinski definition) is 3. The first-order valence-corrected chi connectivity index (χ1v) is 5.81. The second-order valence-corrected chi connectivity index (χ2v) is 4.38. The van der Waals surface area contributed by atoms with E-state index in [-0.39, 0.29) is 11.9 Å². The van der Waals surface area contributed by atoms with Gasteiger partial charge in [0.2, 0.25) is 0 Å². The summed E-state index contributed by atoms with van der Waals surface area (Å²) < 4.78 is 0. The van der Waals surface area contributed by atoms with Gasteiger partial charge < -0.3 is 5.32 Å². The molecule has 0 aliphatic carbocycles. The fourth-order valence-corrected chi connectivity index (χ4v) is 1.75. The first kappa shape index (κ1) is 12.3. The van der Waals surface area contributed by atoms with Crippen LogP contribution in [0.25, 0.3) is 0 Å². The van der Waals surface area contributed by atoms with Gasteiger partial charge in [-0.3, -0.25) is 9.89 Å². The first-order chi connectivity index (χ1) is 8.58. The van der Waals surface area contributed by atoms with Crippen LogP contribution in [0.3, 0.4) is 0 Å². The summed E-state index contributed by atoms with van der Waals surface area (Å²) >= 11 is 0. The number of aryl methyl sites for hydroxylation is 2. The molecular formula is C13H16N4O. The van der Waals surface area contributed by atoms with Crippen molar-refractivity contribution in [2.75, 3.05) is 0 Å². The van der Waals surface area contributed by atoms with Crippen molar-refractivity contribution in [3.8, 4) is 0 Å². The van der Waals surface area contributed by atoms with Gasteiger partial charge in [-0.15, -0.1) is 0 Å². The lowest BCUT2D eigenvalue weighted by atomic mass is 10.0. The molecule has 1 unspecified atom stereocenters. The highest BCUT2D eigenvalue weighted by Gasteiger charge is 2.14. The average molecular weight is 244 g/mol. The van der Waals surface area contributed by atoms with Crippen LogP contribution < -0.4 is 5.32 Å². The summed E-state index contributed by atoms with van der Waals surface area (Å²) in [6.45, 7) is 5.76. The molecule has 2 aromatic rings. The fraction of sp³-hybridized carbons (Fsp3) is 0.308. The summed E-state index contributed by atoms with van der Waals surface area (Å²) in [6, 6.07) is 5.63. The molecule has 0 aliphatic heterocycles. The Balaban J connectivity index is 2.15. The van der Waals surface area contributed by atoms with Crippen molar-refractivity contribution in [2.45, 2.75) is 26.8 Å². The molecule has 0 saturated carbocycles. The van der Waals surface area contributed by atoms with Crippen molar-refractivity contribution in [3.63, 3.8) is 0 Å². The van der Waals surface area contributed by atoms with E-state index < -0.39 is 0 Å². The lowest BCUT2D eigenvalue weighted by Gasteiger charge is -2.12. The first-order valence-electron chi connectivity index (χ1n) is 5.81. The zero-order valence-corrected chi connectivity index (χ0v) is 10.7. The predicted octanol–water partition coefficient (Wildman–Crippen LogP) is 1.91. The van der Waals surface area contributed by atoms with Gasteiger partial charge in [-0.2, -0.15) is 5.10 Å². The number of carbonyl (C=O) groups excluding carboxylic acids is 1. The van der Waals surface area contributed by atoms with Crippen LogP contribution in [0, 0.1) is 13.8 Å². The molecule has 1 aromatic carbocycles. The van der Waals surface area contributed by atoms with E-state index in [1.807, 2.05) is 39.0 Å². The molecule has 5 heteroatoms. The van der Waals surface area contributed by atoms with Gasteiger partial charge in [-0.25, -0.2) is 4.98 Å². The van der Waals surface area contributed by atoms with Crippen molar-refractivity contribution >= 4 is 5.91 Å². The van der Waals surface area contributed by atoms with Crippen molar-refractivity contribution in [1.29, 1.82) is 0 Å². The van der Waals surface area contributed by atoms with Crippen LogP contribution in [-0.2, 0) is 0 Å². The van der Waals surface area contributed by atoms with Crippen LogP contribution >= 0.6 is 0 Å². The van der Waals surface area contributed by atoms with Gasteiger partial charge in [0.05, 0.1) is 6.04 Å². The number of H-pyrrole nitrogens is 1. The van der Waals surface area contributed by atoms with Crippen molar-refractivity contribution < 1.29 is 4.79 Å². The lowest BCUT2D eigenvalue weighted by Crippen LogP contribution is -2.28. The summed E-state index contributed by atoms with van der Waals surface area (Å²) in [5.74, 6) is 0.550. The van der Waals surface area contributed by atoms with Crippen molar-refractivity contribution in [2.24, 2.45) is 0 Å². The Hall–Kier alpha value is -2.17. The van der Waals surface area contributed by atoms with Gasteiger partial charge in [0.25, 0.3) is 5.91 Å². The molecule has 0 radical (unpaired) electrons. The summed E-state index contributed by atoms with van der Waals surface area (Å²) in [5.41, 5.74) is 2.72. The fourth-order valence-electron chi connectivity index (χ4n) is 1.75. The van der Waals surface area contributed by atoms with E-state index in [1.165, 1.54) is 6.33 Å². The molecule has 0 bridgehead atoms. The molecule has 0 saturated heterocycles. The Morgan fingerprint density at radius 3 is 2.83 bits per heavy atom. The van der Waals surface area contributed by atoms with Crippen LogP contribution in [0.15, 0.2) is 24.5 Å². The number of rotatable bonds is 3. The van der Waals surface area contributed by atoms with Gasteiger partial charge in [0.1, 0.15) is 12.2 Å². The normalized spacial score (nSPS) is 12.2. The van der Waals surface area contributed by atoms with Crippen molar-refractivity contribution in [1.82, 2.24) is 20.5 Å². The maximum Gasteiger partial charge on any atom is 0.252 e. The van der Waals surface area contributed by atoms with Crippen LogP contribution in [0.2, 0.25) is 0 Å². The predicted molar refractivity (Wildman–Crippen MR) is 68.2 cm³/mol. The second-order valence-electron chi connectivity index (χ2n) is 4.38. The molecule has 1 atom stereocenters. The number of nitrogens with one attached hydrogen (secondary N) is 2. The highest BCUT2D eigenvalue weighted by Crippen LogP contribution is 2.12. The Morgan fingerprint density at radius 1 is 1.39 bits per heavy atom. The van der Waals surface area contributed by atoms with E-state index in [0.29, 0.717) is 11.4 Å². The summed E-state index contributed by atoms with van der Waals surface area (Å²) in [6.07, 6.45) is 1.43. The monoisotopic (exact) mass is 244 g/mol. The van der Waals surface area contributed by atoms with Crippen LogP contribution in [0.4, 0.5) is 0 Å². The SMILES string of the molecule is Cc1ccc(C)c(C(=O)NC(C)c2ncn[nH]2)c1. The van der Waals surface area contributed by atoms with Gasteiger partial charge in [-0.05, 0) is 32.4 Å². The molecule has 1 heterocycles. The molecular weight excluding hydrogens is 228 g/mol.